The Hall–Kier alpha value is -0.650. The predicted molar refractivity (Wildman–Crippen MR) is 77.3 cm³/mol. The Morgan fingerprint density at radius 2 is 2.10 bits per heavy atom. The predicted octanol–water partition coefficient (Wildman–Crippen LogP) is 0.483. The first kappa shape index (κ1) is 14.3. The van der Waals surface area contributed by atoms with Gasteiger partial charge in [0.2, 0.25) is 5.91 Å². The van der Waals surface area contributed by atoms with E-state index in [1.165, 1.54) is 12.8 Å². The third-order valence-electron chi connectivity index (χ3n) is 4.81. The quantitative estimate of drug-likeness (QED) is 0.679. The zero-order chi connectivity index (χ0) is 14.2. The molecular formula is C15H27N3O2. The smallest absolute Gasteiger partial charge is 0.239 e. The Morgan fingerprint density at radius 1 is 1.35 bits per heavy atom. The molecule has 1 amide bonds. The molecule has 0 spiro atoms. The fourth-order valence-electron chi connectivity index (χ4n) is 3.44. The Morgan fingerprint density at radius 3 is 2.60 bits per heavy atom. The van der Waals surface area contributed by atoms with Crippen LogP contribution in [-0.4, -0.2) is 55.2 Å². The molecule has 2 unspecified atom stereocenters. The van der Waals surface area contributed by atoms with Gasteiger partial charge in [-0.3, -0.25) is 10.1 Å². The average Bonchev–Trinajstić information content (AvgIpc) is 3.29. The molecule has 0 aromatic carbocycles. The van der Waals surface area contributed by atoms with Gasteiger partial charge < -0.3 is 15.4 Å². The number of rotatable bonds is 8. The fourth-order valence-corrected chi connectivity index (χ4v) is 3.44. The molecule has 5 heteroatoms. The highest BCUT2D eigenvalue weighted by atomic mass is 16.5. The van der Waals surface area contributed by atoms with Gasteiger partial charge in [-0.2, -0.15) is 0 Å². The number of likely N-dealkylation sites (N-methyl/N-ethyl adjacent to an activating group) is 1. The number of nitrogens with zero attached hydrogens (tertiary/aromatic N) is 1. The van der Waals surface area contributed by atoms with E-state index in [1.807, 2.05) is 0 Å². The molecular weight excluding hydrogens is 254 g/mol. The highest BCUT2D eigenvalue weighted by molar-refractivity contribution is 5.86. The van der Waals surface area contributed by atoms with Crippen molar-refractivity contribution in [2.75, 3.05) is 26.7 Å². The van der Waals surface area contributed by atoms with Gasteiger partial charge in [-0.05, 0) is 51.5 Å². The lowest BCUT2D eigenvalue weighted by Gasteiger charge is -2.36. The molecule has 3 N–H and O–H groups in total. The molecule has 2 aliphatic carbocycles. The number of carbonyl (C=O) groups excluding carboxylic acids is 1. The van der Waals surface area contributed by atoms with Crippen molar-refractivity contribution in [1.29, 1.82) is 0 Å². The Bertz CT molecular complexity index is 362. The number of ether oxygens (including phenoxy) is 1. The summed E-state index contributed by atoms with van der Waals surface area (Å²) in [5.41, 5.74) is 5.27. The summed E-state index contributed by atoms with van der Waals surface area (Å²) in [5, 5.41) is 3.56. The van der Waals surface area contributed by atoms with Gasteiger partial charge in [0.1, 0.15) is 5.54 Å². The number of carbonyl (C=O) groups is 1. The molecule has 2 atom stereocenters. The average molecular weight is 281 g/mol. The van der Waals surface area contributed by atoms with Crippen LogP contribution in [0.2, 0.25) is 0 Å². The van der Waals surface area contributed by atoms with Crippen LogP contribution >= 0.6 is 0 Å². The van der Waals surface area contributed by atoms with Crippen LogP contribution in [0, 0.1) is 5.92 Å². The second-order valence-electron chi connectivity index (χ2n) is 6.86. The SMILES string of the molecule is CN(CC1CCCO1)CC(NC1CC1)(C(N)=O)C1CC1. The normalized spacial score (nSPS) is 29.6. The van der Waals surface area contributed by atoms with Gasteiger partial charge >= 0.3 is 0 Å². The lowest BCUT2D eigenvalue weighted by atomic mass is 9.91. The third kappa shape index (κ3) is 3.15. The molecule has 0 bridgehead atoms. The molecule has 2 saturated carbocycles. The molecule has 114 valence electrons. The van der Waals surface area contributed by atoms with E-state index in [0.717, 1.165) is 38.8 Å². The molecule has 0 aromatic rings. The summed E-state index contributed by atoms with van der Waals surface area (Å²) in [6.07, 6.45) is 7.21. The van der Waals surface area contributed by atoms with Crippen molar-refractivity contribution in [2.24, 2.45) is 11.7 Å². The molecule has 0 aromatic heterocycles. The van der Waals surface area contributed by atoms with Gasteiger partial charge in [0.05, 0.1) is 6.10 Å². The van der Waals surface area contributed by atoms with Crippen molar-refractivity contribution in [1.82, 2.24) is 10.2 Å². The third-order valence-corrected chi connectivity index (χ3v) is 4.81. The molecule has 3 fully saturated rings. The van der Waals surface area contributed by atoms with Crippen LogP contribution in [0.5, 0.6) is 0 Å². The molecule has 20 heavy (non-hydrogen) atoms. The standard InChI is InChI=1S/C15H27N3O2/c1-18(9-13-3-2-8-20-13)10-15(14(16)19,11-4-5-11)17-12-6-7-12/h11-13,17H,2-10H2,1H3,(H2,16,19). The van der Waals surface area contributed by atoms with Gasteiger partial charge in [0, 0.05) is 25.7 Å². The first-order valence-corrected chi connectivity index (χ1v) is 7.98. The van der Waals surface area contributed by atoms with E-state index < -0.39 is 5.54 Å². The van der Waals surface area contributed by atoms with E-state index in [-0.39, 0.29) is 5.91 Å². The van der Waals surface area contributed by atoms with Crippen LogP contribution < -0.4 is 11.1 Å². The molecule has 0 radical (unpaired) electrons. The Balaban J connectivity index is 1.63. The van der Waals surface area contributed by atoms with Gasteiger partial charge in [-0.25, -0.2) is 0 Å². The minimum absolute atomic E-state index is 0.175. The number of amides is 1. The highest BCUT2D eigenvalue weighted by Gasteiger charge is 2.52. The molecule has 5 nitrogen and oxygen atoms in total. The van der Waals surface area contributed by atoms with Crippen molar-refractivity contribution < 1.29 is 9.53 Å². The summed E-state index contributed by atoms with van der Waals surface area (Å²) >= 11 is 0. The zero-order valence-electron chi connectivity index (χ0n) is 12.4. The number of nitrogens with two attached hydrogens (primary N) is 1. The first-order valence-electron chi connectivity index (χ1n) is 7.98. The largest absolute Gasteiger partial charge is 0.377 e. The van der Waals surface area contributed by atoms with Crippen LogP contribution in [-0.2, 0) is 9.53 Å². The van der Waals surface area contributed by atoms with Crippen LogP contribution in [0.1, 0.15) is 38.5 Å². The van der Waals surface area contributed by atoms with Crippen LogP contribution in [0.4, 0.5) is 0 Å². The summed E-state index contributed by atoms with van der Waals surface area (Å²) in [6, 6.07) is 0.499. The summed E-state index contributed by atoms with van der Waals surface area (Å²) in [5.74, 6) is 0.249. The monoisotopic (exact) mass is 281 g/mol. The number of hydrogen-bond donors (Lipinski definition) is 2. The van der Waals surface area contributed by atoms with E-state index in [4.69, 9.17) is 10.5 Å². The van der Waals surface area contributed by atoms with Crippen LogP contribution in [0.15, 0.2) is 0 Å². The Labute approximate surface area is 121 Å². The van der Waals surface area contributed by atoms with Gasteiger partial charge in [-0.1, -0.05) is 0 Å². The van der Waals surface area contributed by atoms with Gasteiger partial charge in [-0.15, -0.1) is 0 Å². The van der Waals surface area contributed by atoms with Gasteiger partial charge in [0.15, 0.2) is 0 Å². The zero-order valence-corrected chi connectivity index (χ0v) is 12.4. The molecule has 1 saturated heterocycles. The minimum atomic E-state index is -0.519. The maximum atomic E-state index is 12.1. The first-order chi connectivity index (χ1) is 9.60. The van der Waals surface area contributed by atoms with E-state index in [0.29, 0.717) is 24.6 Å². The second kappa shape index (κ2) is 5.62. The summed E-state index contributed by atoms with van der Waals surface area (Å²) in [6.45, 7) is 2.49. The topological polar surface area (TPSA) is 67.6 Å². The van der Waals surface area contributed by atoms with E-state index >= 15 is 0 Å². The van der Waals surface area contributed by atoms with Crippen molar-refractivity contribution in [2.45, 2.75) is 56.2 Å². The lowest BCUT2D eigenvalue weighted by Crippen LogP contribution is -2.63. The maximum absolute atomic E-state index is 12.1. The highest BCUT2D eigenvalue weighted by Crippen LogP contribution is 2.42. The number of nitrogens with one attached hydrogen (secondary N) is 1. The van der Waals surface area contributed by atoms with Gasteiger partial charge in [0.25, 0.3) is 0 Å². The summed E-state index contributed by atoms with van der Waals surface area (Å²) < 4.78 is 5.69. The molecule has 3 aliphatic rings. The van der Waals surface area contributed by atoms with E-state index in [9.17, 15) is 4.79 Å². The Kier molecular flexibility index (Phi) is 4.02. The molecule has 1 aliphatic heterocycles. The van der Waals surface area contributed by atoms with E-state index in [1.54, 1.807) is 0 Å². The van der Waals surface area contributed by atoms with Crippen LogP contribution in [0.25, 0.3) is 0 Å². The maximum Gasteiger partial charge on any atom is 0.239 e. The minimum Gasteiger partial charge on any atom is -0.377 e. The summed E-state index contributed by atoms with van der Waals surface area (Å²) in [4.78, 5) is 14.4. The van der Waals surface area contributed by atoms with Crippen molar-refractivity contribution in [3.05, 3.63) is 0 Å². The summed E-state index contributed by atoms with van der Waals surface area (Å²) in [7, 11) is 2.08. The van der Waals surface area contributed by atoms with Crippen molar-refractivity contribution in [3.63, 3.8) is 0 Å². The van der Waals surface area contributed by atoms with Crippen molar-refractivity contribution >= 4 is 5.91 Å². The lowest BCUT2D eigenvalue weighted by molar-refractivity contribution is -0.126. The second-order valence-corrected chi connectivity index (χ2v) is 6.86. The fraction of sp³-hybridized carbons (Fsp3) is 0.933. The van der Waals surface area contributed by atoms with Crippen LogP contribution in [0.3, 0.4) is 0 Å². The number of primary amides is 1. The van der Waals surface area contributed by atoms with Crippen molar-refractivity contribution in [3.8, 4) is 0 Å². The van der Waals surface area contributed by atoms with E-state index in [2.05, 4.69) is 17.3 Å². The number of hydrogen-bond acceptors (Lipinski definition) is 4. The molecule has 3 rings (SSSR count). The molecule has 1 heterocycles.